The van der Waals surface area contributed by atoms with Gasteiger partial charge in [-0.15, -0.1) is 0 Å². The van der Waals surface area contributed by atoms with Crippen LogP contribution in [0.25, 0.3) is 0 Å². The second kappa shape index (κ2) is 6.52. The Kier molecular flexibility index (Phi) is 4.99. The van der Waals surface area contributed by atoms with Crippen LogP contribution in [-0.4, -0.2) is 54.6 Å². The molecule has 2 heterocycles. The Balaban J connectivity index is 2.31. The second-order valence-electron chi connectivity index (χ2n) is 4.99. The third kappa shape index (κ3) is 3.36. The molecule has 6 heteroatoms. The summed E-state index contributed by atoms with van der Waals surface area (Å²) in [4.78, 5) is 13.7. The van der Waals surface area contributed by atoms with Gasteiger partial charge in [-0.2, -0.15) is 4.98 Å². The lowest BCUT2D eigenvalue weighted by Crippen LogP contribution is -2.40. The highest BCUT2D eigenvalue weighted by Crippen LogP contribution is 2.28. The van der Waals surface area contributed by atoms with Crippen LogP contribution in [0.4, 0.5) is 11.8 Å². The average Bonchev–Trinajstić information content (AvgIpc) is 2.60. The molecule has 1 fully saturated rings. The van der Waals surface area contributed by atoms with Gasteiger partial charge >= 0.3 is 0 Å². The van der Waals surface area contributed by atoms with Gasteiger partial charge in [0, 0.05) is 32.4 Å². The van der Waals surface area contributed by atoms with E-state index in [-0.39, 0.29) is 0 Å². The third-order valence-electron chi connectivity index (χ3n) is 3.59. The van der Waals surface area contributed by atoms with Crippen LogP contribution in [0.15, 0.2) is 10.7 Å². The lowest BCUT2D eigenvalue weighted by molar-refractivity contribution is 0.327. The fraction of sp³-hybridized carbons (Fsp3) is 0.692. The van der Waals surface area contributed by atoms with Crippen molar-refractivity contribution in [2.24, 2.45) is 0 Å². The highest BCUT2D eigenvalue weighted by Gasteiger charge is 2.25. The summed E-state index contributed by atoms with van der Waals surface area (Å²) in [5.41, 5.74) is 0. The van der Waals surface area contributed by atoms with Gasteiger partial charge < -0.3 is 15.1 Å². The molecule has 1 aromatic heterocycles. The van der Waals surface area contributed by atoms with Crippen molar-refractivity contribution >= 4 is 27.7 Å². The minimum atomic E-state index is 0.503. The molecule has 106 valence electrons. The van der Waals surface area contributed by atoms with Crippen molar-refractivity contribution < 1.29 is 0 Å². The molecule has 0 spiro atoms. The molecule has 1 aliphatic heterocycles. The molecule has 0 bridgehead atoms. The van der Waals surface area contributed by atoms with E-state index in [1.807, 2.05) is 13.2 Å². The number of anilines is 2. The van der Waals surface area contributed by atoms with Crippen molar-refractivity contribution in [3.05, 3.63) is 10.7 Å². The monoisotopic (exact) mass is 327 g/mol. The van der Waals surface area contributed by atoms with Crippen LogP contribution >= 0.6 is 15.9 Å². The topological polar surface area (TPSA) is 44.3 Å². The molecule has 5 nitrogen and oxygen atoms in total. The molecular weight excluding hydrogens is 306 g/mol. The van der Waals surface area contributed by atoms with Gasteiger partial charge in [-0.25, -0.2) is 4.98 Å². The van der Waals surface area contributed by atoms with Gasteiger partial charge in [-0.05, 0) is 42.4 Å². The lowest BCUT2D eigenvalue weighted by atomic mass is 10.2. The van der Waals surface area contributed by atoms with Gasteiger partial charge in [-0.1, -0.05) is 6.92 Å². The molecule has 0 aromatic carbocycles. The number of rotatable bonds is 3. The van der Waals surface area contributed by atoms with E-state index in [2.05, 4.69) is 55.0 Å². The van der Waals surface area contributed by atoms with Crippen molar-refractivity contribution in [1.29, 1.82) is 0 Å². The first-order valence-corrected chi connectivity index (χ1v) is 7.60. The van der Waals surface area contributed by atoms with E-state index in [0.717, 1.165) is 36.3 Å². The molecule has 0 aliphatic carbocycles. The molecule has 1 N–H and O–H groups in total. The van der Waals surface area contributed by atoms with Crippen LogP contribution in [0.3, 0.4) is 0 Å². The molecule has 1 unspecified atom stereocenters. The predicted octanol–water partition coefficient (Wildman–Crippen LogP) is 2.20. The van der Waals surface area contributed by atoms with Crippen molar-refractivity contribution in [3.8, 4) is 0 Å². The summed E-state index contributed by atoms with van der Waals surface area (Å²) in [5.74, 6) is 1.67. The maximum atomic E-state index is 4.62. The van der Waals surface area contributed by atoms with Crippen LogP contribution in [0.2, 0.25) is 0 Å². The third-order valence-corrected chi connectivity index (χ3v) is 4.15. The van der Waals surface area contributed by atoms with Gasteiger partial charge in [0.2, 0.25) is 5.95 Å². The van der Waals surface area contributed by atoms with Crippen LogP contribution in [0.5, 0.6) is 0 Å². The van der Waals surface area contributed by atoms with E-state index in [1.54, 1.807) is 0 Å². The number of nitrogens with zero attached hydrogens (tertiary/aromatic N) is 4. The quantitative estimate of drug-likeness (QED) is 0.922. The molecule has 0 radical (unpaired) electrons. The van der Waals surface area contributed by atoms with E-state index in [4.69, 9.17) is 0 Å². The highest BCUT2D eigenvalue weighted by molar-refractivity contribution is 9.10. The normalized spacial score (nSPS) is 21.3. The second-order valence-corrected chi connectivity index (χ2v) is 5.84. The fourth-order valence-corrected chi connectivity index (χ4v) is 2.97. The first-order chi connectivity index (χ1) is 9.15. The van der Waals surface area contributed by atoms with Crippen molar-refractivity contribution in [3.63, 3.8) is 0 Å². The van der Waals surface area contributed by atoms with E-state index >= 15 is 0 Å². The number of likely N-dealkylation sites (N-methyl/N-ethyl adjacent to an activating group) is 1. The number of nitrogens with one attached hydrogen (secondary N) is 1. The van der Waals surface area contributed by atoms with Gasteiger partial charge in [-0.3, -0.25) is 0 Å². The van der Waals surface area contributed by atoms with Gasteiger partial charge in [0.15, 0.2) is 0 Å². The van der Waals surface area contributed by atoms with Crippen LogP contribution in [0, 0.1) is 0 Å². The molecule has 19 heavy (non-hydrogen) atoms. The highest BCUT2D eigenvalue weighted by atomic mass is 79.9. The smallest absolute Gasteiger partial charge is 0.224 e. The Morgan fingerprint density at radius 1 is 1.47 bits per heavy atom. The molecule has 1 aromatic rings. The van der Waals surface area contributed by atoms with Crippen LogP contribution in [0.1, 0.15) is 19.8 Å². The largest absolute Gasteiger partial charge is 0.357 e. The molecule has 1 aliphatic rings. The Morgan fingerprint density at radius 3 is 2.95 bits per heavy atom. The standard InChI is InChI=1S/C13H22BrN5/c1-4-10-9-18(3)6-5-7-19(10)12-11(14)8-16-13(15-2)17-12/h8,10H,4-7,9H2,1-3H3,(H,15,16,17). The number of halogens is 1. The molecule has 1 atom stereocenters. The predicted molar refractivity (Wildman–Crippen MR) is 82.8 cm³/mol. The van der Waals surface area contributed by atoms with Crippen LogP contribution < -0.4 is 10.2 Å². The zero-order chi connectivity index (χ0) is 13.8. The number of hydrogen-bond donors (Lipinski definition) is 1. The Morgan fingerprint density at radius 2 is 2.26 bits per heavy atom. The zero-order valence-corrected chi connectivity index (χ0v) is 13.4. The van der Waals surface area contributed by atoms with Crippen molar-refractivity contribution in [2.45, 2.75) is 25.8 Å². The molecule has 0 saturated carbocycles. The van der Waals surface area contributed by atoms with E-state index in [1.165, 1.54) is 6.42 Å². The minimum Gasteiger partial charge on any atom is -0.357 e. The van der Waals surface area contributed by atoms with Gasteiger partial charge in [0.25, 0.3) is 0 Å². The van der Waals surface area contributed by atoms with Gasteiger partial charge in [0.1, 0.15) is 5.82 Å². The van der Waals surface area contributed by atoms with E-state index in [9.17, 15) is 0 Å². The number of aromatic nitrogens is 2. The Labute approximate surface area is 123 Å². The molecule has 0 amide bonds. The fourth-order valence-electron chi connectivity index (χ4n) is 2.55. The van der Waals surface area contributed by atoms with Crippen LogP contribution in [-0.2, 0) is 0 Å². The number of hydrogen-bond acceptors (Lipinski definition) is 5. The summed E-state index contributed by atoms with van der Waals surface area (Å²) in [6, 6.07) is 0.503. The Bertz CT molecular complexity index is 425. The van der Waals surface area contributed by atoms with Crippen molar-refractivity contribution in [1.82, 2.24) is 14.9 Å². The van der Waals surface area contributed by atoms with E-state index < -0.39 is 0 Å². The maximum absolute atomic E-state index is 4.62. The molecule has 2 rings (SSSR count). The Hall–Kier alpha value is -0.880. The average molecular weight is 328 g/mol. The van der Waals surface area contributed by atoms with E-state index in [0.29, 0.717) is 12.0 Å². The maximum Gasteiger partial charge on any atom is 0.224 e. The van der Waals surface area contributed by atoms with Crippen molar-refractivity contribution in [2.75, 3.05) is 43.9 Å². The first-order valence-electron chi connectivity index (χ1n) is 6.81. The molecular formula is C13H22BrN5. The SMILES string of the molecule is CCC1CN(C)CCCN1c1nc(NC)ncc1Br. The lowest BCUT2D eigenvalue weighted by Gasteiger charge is -2.31. The summed E-state index contributed by atoms with van der Waals surface area (Å²) in [5, 5.41) is 3.01. The van der Waals surface area contributed by atoms with Gasteiger partial charge in [0.05, 0.1) is 4.47 Å². The summed E-state index contributed by atoms with van der Waals surface area (Å²) >= 11 is 3.58. The first kappa shape index (κ1) is 14.5. The summed E-state index contributed by atoms with van der Waals surface area (Å²) in [6.07, 6.45) is 4.11. The zero-order valence-electron chi connectivity index (χ0n) is 11.9. The minimum absolute atomic E-state index is 0.503. The summed E-state index contributed by atoms with van der Waals surface area (Å²) in [6.45, 7) is 5.52. The molecule has 1 saturated heterocycles. The summed E-state index contributed by atoms with van der Waals surface area (Å²) in [7, 11) is 4.04. The summed E-state index contributed by atoms with van der Waals surface area (Å²) < 4.78 is 0.967.